The Hall–Kier alpha value is -1.13. The minimum absolute atomic E-state index is 0.0938. The molecule has 134 valence electrons. The highest BCUT2D eigenvalue weighted by Gasteiger charge is 2.55. The SMILES string of the molecule is CC1=C(CCC2=CC(=O)OC2)C2(C)CC(O)CC(C)(C)C2C(O)C1. The first-order chi connectivity index (χ1) is 11.1. The van der Waals surface area contributed by atoms with Gasteiger partial charge in [-0.25, -0.2) is 4.79 Å². The van der Waals surface area contributed by atoms with E-state index in [0.717, 1.165) is 24.8 Å². The molecule has 4 nitrogen and oxygen atoms in total. The van der Waals surface area contributed by atoms with Crippen molar-refractivity contribution in [3.63, 3.8) is 0 Å². The van der Waals surface area contributed by atoms with Gasteiger partial charge in [-0.15, -0.1) is 0 Å². The van der Waals surface area contributed by atoms with Gasteiger partial charge in [0.05, 0.1) is 12.2 Å². The van der Waals surface area contributed by atoms with Gasteiger partial charge in [-0.2, -0.15) is 0 Å². The van der Waals surface area contributed by atoms with Crippen LogP contribution in [0.3, 0.4) is 0 Å². The van der Waals surface area contributed by atoms with E-state index in [0.29, 0.717) is 19.4 Å². The molecule has 4 atom stereocenters. The van der Waals surface area contributed by atoms with Crippen molar-refractivity contribution in [2.45, 2.75) is 72.0 Å². The van der Waals surface area contributed by atoms with Crippen molar-refractivity contribution in [2.75, 3.05) is 6.61 Å². The van der Waals surface area contributed by atoms with Crippen LogP contribution in [0.25, 0.3) is 0 Å². The molecule has 0 aromatic carbocycles. The number of hydrogen-bond donors (Lipinski definition) is 2. The maximum absolute atomic E-state index is 11.3. The van der Waals surface area contributed by atoms with Crippen molar-refractivity contribution in [1.29, 1.82) is 0 Å². The van der Waals surface area contributed by atoms with Gasteiger partial charge in [0.15, 0.2) is 0 Å². The molecule has 3 rings (SSSR count). The normalized spacial score (nSPS) is 38.7. The molecule has 24 heavy (non-hydrogen) atoms. The van der Waals surface area contributed by atoms with Crippen LogP contribution in [-0.4, -0.2) is 35.0 Å². The number of carbonyl (C=O) groups is 1. The fourth-order valence-corrected chi connectivity index (χ4v) is 5.93. The van der Waals surface area contributed by atoms with E-state index < -0.39 is 0 Å². The summed E-state index contributed by atoms with van der Waals surface area (Å²) < 4.78 is 5.00. The summed E-state index contributed by atoms with van der Waals surface area (Å²) in [4.78, 5) is 11.3. The van der Waals surface area contributed by atoms with Gasteiger partial charge >= 0.3 is 5.97 Å². The van der Waals surface area contributed by atoms with E-state index in [1.165, 1.54) is 11.1 Å². The molecule has 3 aliphatic rings. The predicted molar refractivity (Wildman–Crippen MR) is 92.2 cm³/mol. The molecule has 2 aliphatic carbocycles. The van der Waals surface area contributed by atoms with Crippen LogP contribution in [0, 0.1) is 16.7 Å². The number of ether oxygens (including phenoxy) is 1. The molecular formula is C20H30O4. The van der Waals surface area contributed by atoms with Crippen LogP contribution in [0.1, 0.15) is 59.8 Å². The number of carbonyl (C=O) groups excluding carboxylic acids is 1. The Morgan fingerprint density at radius 1 is 1.21 bits per heavy atom. The van der Waals surface area contributed by atoms with Gasteiger partial charge in [-0.3, -0.25) is 0 Å². The van der Waals surface area contributed by atoms with Gasteiger partial charge in [0.2, 0.25) is 0 Å². The van der Waals surface area contributed by atoms with E-state index in [9.17, 15) is 15.0 Å². The maximum atomic E-state index is 11.3. The molecule has 4 heteroatoms. The minimum atomic E-state index is -0.350. The van der Waals surface area contributed by atoms with Gasteiger partial charge in [0.1, 0.15) is 6.61 Å². The largest absolute Gasteiger partial charge is 0.458 e. The number of hydrogen-bond acceptors (Lipinski definition) is 4. The molecule has 0 spiro atoms. The molecule has 1 fully saturated rings. The molecular weight excluding hydrogens is 304 g/mol. The second kappa shape index (κ2) is 5.99. The third-order valence-electron chi connectivity index (χ3n) is 6.47. The fraction of sp³-hybridized carbons (Fsp3) is 0.750. The molecule has 2 N–H and O–H groups in total. The summed E-state index contributed by atoms with van der Waals surface area (Å²) in [5.41, 5.74) is 3.38. The lowest BCUT2D eigenvalue weighted by Crippen LogP contribution is -2.55. The summed E-state index contributed by atoms with van der Waals surface area (Å²) in [6.07, 6.45) is 4.77. The summed E-state index contributed by atoms with van der Waals surface area (Å²) in [5.74, 6) is -0.0874. The van der Waals surface area contributed by atoms with Crippen molar-refractivity contribution >= 4 is 5.97 Å². The molecule has 0 amide bonds. The number of rotatable bonds is 3. The first kappa shape index (κ1) is 17.7. The number of esters is 1. The van der Waals surface area contributed by atoms with Crippen LogP contribution in [0.15, 0.2) is 22.8 Å². The summed E-state index contributed by atoms with van der Waals surface area (Å²) in [7, 11) is 0. The summed E-state index contributed by atoms with van der Waals surface area (Å²) in [6, 6.07) is 0. The highest BCUT2D eigenvalue weighted by Crippen LogP contribution is 2.60. The topological polar surface area (TPSA) is 66.8 Å². The zero-order valence-electron chi connectivity index (χ0n) is 15.3. The second-order valence-corrected chi connectivity index (χ2v) is 8.89. The number of allylic oxidation sites excluding steroid dienone is 1. The Bertz CT molecular complexity index is 601. The first-order valence-corrected chi connectivity index (χ1v) is 9.05. The van der Waals surface area contributed by atoms with Crippen molar-refractivity contribution in [3.05, 3.63) is 22.8 Å². The van der Waals surface area contributed by atoms with Gasteiger partial charge in [0, 0.05) is 6.08 Å². The Kier molecular flexibility index (Phi) is 4.42. The third kappa shape index (κ3) is 2.95. The Morgan fingerprint density at radius 2 is 1.92 bits per heavy atom. The molecule has 0 bridgehead atoms. The first-order valence-electron chi connectivity index (χ1n) is 9.05. The van der Waals surface area contributed by atoms with E-state index in [1.54, 1.807) is 6.08 Å². The molecule has 0 saturated heterocycles. The lowest BCUT2D eigenvalue weighted by Gasteiger charge is -2.58. The molecule has 1 aliphatic heterocycles. The molecule has 0 radical (unpaired) electrons. The fourth-order valence-electron chi connectivity index (χ4n) is 5.93. The second-order valence-electron chi connectivity index (χ2n) is 8.89. The monoisotopic (exact) mass is 334 g/mol. The lowest BCUT2D eigenvalue weighted by molar-refractivity contribution is -0.135. The van der Waals surface area contributed by atoms with E-state index >= 15 is 0 Å². The number of aliphatic hydroxyl groups excluding tert-OH is 2. The van der Waals surface area contributed by atoms with E-state index in [-0.39, 0.29) is 34.9 Å². The Morgan fingerprint density at radius 3 is 2.54 bits per heavy atom. The number of cyclic esters (lactones) is 1. The van der Waals surface area contributed by atoms with Gasteiger partial charge in [-0.1, -0.05) is 31.9 Å². The Balaban J connectivity index is 1.90. The zero-order chi connectivity index (χ0) is 17.7. The zero-order valence-corrected chi connectivity index (χ0v) is 15.3. The maximum Gasteiger partial charge on any atom is 0.331 e. The van der Waals surface area contributed by atoms with Crippen LogP contribution >= 0.6 is 0 Å². The van der Waals surface area contributed by atoms with E-state index in [2.05, 4.69) is 27.7 Å². The standard InChI is InChI=1S/C20H30O4/c1-12-7-16(22)18-19(2,3)9-14(21)10-20(18,4)15(12)6-5-13-8-17(23)24-11-13/h8,14,16,18,21-22H,5-7,9-11H2,1-4H3. The van der Waals surface area contributed by atoms with E-state index in [4.69, 9.17) is 4.74 Å². The van der Waals surface area contributed by atoms with Crippen LogP contribution in [0.5, 0.6) is 0 Å². The predicted octanol–water partition coefficient (Wildman–Crippen LogP) is 3.13. The summed E-state index contributed by atoms with van der Waals surface area (Å²) in [5, 5.41) is 21.3. The molecule has 1 saturated carbocycles. The quantitative estimate of drug-likeness (QED) is 0.615. The van der Waals surface area contributed by atoms with Crippen LogP contribution in [0.2, 0.25) is 0 Å². The average Bonchev–Trinajstić information content (AvgIpc) is 2.80. The van der Waals surface area contributed by atoms with Crippen molar-refractivity contribution in [3.8, 4) is 0 Å². The third-order valence-corrected chi connectivity index (χ3v) is 6.47. The van der Waals surface area contributed by atoms with Crippen molar-refractivity contribution in [1.82, 2.24) is 0 Å². The lowest BCUT2D eigenvalue weighted by atomic mass is 9.48. The number of aliphatic hydroxyl groups is 2. The van der Waals surface area contributed by atoms with Gasteiger partial charge in [0.25, 0.3) is 0 Å². The minimum Gasteiger partial charge on any atom is -0.458 e. The number of fused-ring (bicyclic) bond motifs is 1. The van der Waals surface area contributed by atoms with Gasteiger partial charge in [-0.05, 0) is 61.3 Å². The van der Waals surface area contributed by atoms with Crippen LogP contribution in [-0.2, 0) is 9.53 Å². The molecule has 0 aromatic heterocycles. The van der Waals surface area contributed by atoms with Crippen molar-refractivity contribution < 1.29 is 19.7 Å². The summed E-state index contributed by atoms with van der Waals surface area (Å²) in [6.45, 7) is 9.08. The molecule has 0 aromatic rings. The Labute approximate surface area is 144 Å². The van der Waals surface area contributed by atoms with Gasteiger partial charge < -0.3 is 14.9 Å². The van der Waals surface area contributed by atoms with Crippen LogP contribution in [0.4, 0.5) is 0 Å². The molecule has 1 heterocycles. The van der Waals surface area contributed by atoms with Crippen LogP contribution < -0.4 is 0 Å². The van der Waals surface area contributed by atoms with Crippen molar-refractivity contribution in [2.24, 2.45) is 16.7 Å². The highest BCUT2D eigenvalue weighted by atomic mass is 16.5. The van der Waals surface area contributed by atoms with E-state index in [1.807, 2.05) is 0 Å². The summed E-state index contributed by atoms with van der Waals surface area (Å²) >= 11 is 0. The average molecular weight is 334 g/mol. The molecule has 4 unspecified atom stereocenters. The smallest absolute Gasteiger partial charge is 0.331 e. The highest BCUT2D eigenvalue weighted by molar-refractivity contribution is 5.85.